The van der Waals surface area contributed by atoms with Gasteiger partial charge in [0, 0.05) is 18.5 Å². The van der Waals surface area contributed by atoms with E-state index >= 15 is 0 Å². The summed E-state index contributed by atoms with van der Waals surface area (Å²) in [5, 5.41) is 3.60. The van der Waals surface area contributed by atoms with Crippen LogP contribution in [-0.2, 0) is 17.6 Å². The van der Waals surface area contributed by atoms with Crippen LogP contribution in [0.25, 0.3) is 10.9 Å². The number of aromatic amines is 1. The number of rotatable bonds is 7. The fourth-order valence-corrected chi connectivity index (χ4v) is 3.49. The highest BCUT2D eigenvalue weighted by Gasteiger charge is 2.09. The molecule has 0 unspecified atom stereocenters. The molecule has 4 aromatic rings. The minimum Gasteiger partial charge on any atom is -0.326 e. The first-order chi connectivity index (χ1) is 14.7. The lowest BCUT2D eigenvalue weighted by Crippen LogP contribution is -2.15. The molecular weight excluding hydrogens is 374 g/mol. The predicted octanol–water partition coefficient (Wildman–Crippen LogP) is 4.48. The van der Waals surface area contributed by atoms with E-state index in [4.69, 9.17) is 0 Å². The van der Waals surface area contributed by atoms with Crippen LogP contribution in [0, 0.1) is 0 Å². The third kappa shape index (κ3) is 4.81. The number of amides is 1. The summed E-state index contributed by atoms with van der Waals surface area (Å²) in [5.74, 6) is 0.564. The van der Waals surface area contributed by atoms with Gasteiger partial charge < -0.3 is 10.3 Å². The lowest BCUT2D eigenvalue weighted by molar-refractivity contribution is -0.116. The zero-order valence-electron chi connectivity index (χ0n) is 16.6. The molecule has 0 spiro atoms. The Bertz CT molecular complexity index is 1220. The maximum Gasteiger partial charge on any atom is 0.258 e. The molecule has 0 aliphatic rings. The number of hydrogen-bond acceptors (Lipinski definition) is 3. The Labute approximate surface area is 174 Å². The Morgan fingerprint density at radius 3 is 2.50 bits per heavy atom. The number of hydrogen-bond donors (Lipinski definition) is 2. The molecule has 0 fully saturated rings. The Kier molecular flexibility index (Phi) is 5.99. The molecule has 5 nitrogen and oxygen atoms in total. The molecule has 0 aliphatic carbocycles. The molecule has 4 rings (SSSR count). The fraction of sp³-hybridized carbons (Fsp3) is 0.160. The topological polar surface area (TPSA) is 74.8 Å². The van der Waals surface area contributed by atoms with Crippen LogP contribution < -0.4 is 10.9 Å². The van der Waals surface area contributed by atoms with Gasteiger partial charge in [-0.15, -0.1) is 0 Å². The van der Waals surface area contributed by atoms with Gasteiger partial charge in [-0.05, 0) is 42.2 Å². The highest BCUT2D eigenvalue weighted by Crippen LogP contribution is 2.19. The molecule has 2 N–H and O–H groups in total. The van der Waals surface area contributed by atoms with E-state index in [1.54, 1.807) is 6.07 Å². The highest BCUT2D eigenvalue weighted by molar-refractivity contribution is 5.91. The second kappa shape index (κ2) is 9.18. The summed E-state index contributed by atoms with van der Waals surface area (Å²) in [6.45, 7) is 0. The predicted molar refractivity (Wildman–Crippen MR) is 120 cm³/mol. The van der Waals surface area contributed by atoms with E-state index in [1.165, 1.54) is 5.56 Å². The van der Waals surface area contributed by atoms with E-state index in [0.29, 0.717) is 36.0 Å². The summed E-state index contributed by atoms with van der Waals surface area (Å²) in [6.07, 6.45) is 2.27. The third-order valence-corrected chi connectivity index (χ3v) is 5.01. The number of nitrogens with zero attached hydrogens (tertiary/aromatic N) is 1. The van der Waals surface area contributed by atoms with Crippen molar-refractivity contribution in [2.75, 3.05) is 5.32 Å². The molecule has 3 aromatic carbocycles. The summed E-state index contributed by atoms with van der Waals surface area (Å²) in [4.78, 5) is 31.9. The van der Waals surface area contributed by atoms with E-state index in [0.717, 1.165) is 17.7 Å². The molecule has 1 heterocycles. The largest absolute Gasteiger partial charge is 0.326 e. The van der Waals surface area contributed by atoms with Crippen LogP contribution in [0.2, 0.25) is 0 Å². The summed E-state index contributed by atoms with van der Waals surface area (Å²) in [6, 6.07) is 25.3. The lowest BCUT2D eigenvalue weighted by Gasteiger charge is -2.11. The number of carbonyl (C=O) groups excluding carboxylic acids is 1. The lowest BCUT2D eigenvalue weighted by atomic mass is 10.0. The average Bonchev–Trinajstić information content (AvgIpc) is 2.76. The second-order valence-corrected chi connectivity index (χ2v) is 7.25. The van der Waals surface area contributed by atoms with Crippen molar-refractivity contribution < 1.29 is 4.79 Å². The van der Waals surface area contributed by atoms with Crippen LogP contribution in [-0.4, -0.2) is 15.9 Å². The van der Waals surface area contributed by atoms with Gasteiger partial charge in [0.05, 0.1) is 10.9 Å². The van der Waals surface area contributed by atoms with Crippen molar-refractivity contribution in [3.8, 4) is 0 Å². The molecule has 30 heavy (non-hydrogen) atoms. The van der Waals surface area contributed by atoms with E-state index in [-0.39, 0.29) is 11.5 Å². The van der Waals surface area contributed by atoms with Crippen molar-refractivity contribution >= 4 is 22.5 Å². The molecule has 0 atom stereocenters. The van der Waals surface area contributed by atoms with Crippen molar-refractivity contribution in [2.24, 2.45) is 0 Å². The Morgan fingerprint density at radius 2 is 1.63 bits per heavy atom. The number of carbonyl (C=O) groups is 1. The zero-order chi connectivity index (χ0) is 20.8. The summed E-state index contributed by atoms with van der Waals surface area (Å²) in [7, 11) is 0. The number of aromatic nitrogens is 2. The summed E-state index contributed by atoms with van der Waals surface area (Å²) >= 11 is 0. The van der Waals surface area contributed by atoms with E-state index < -0.39 is 0 Å². The van der Waals surface area contributed by atoms with Gasteiger partial charge in [0.2, 0.25) is 5.91 Å². The van der Waals surface area contributed by atoms with Gasteiger partial charge in [-0.1, -0.05) is 60.7 Å². The third-order valence-electron chi connectivity index (χ3n) is 5.01. The quantitative estimate of drug-likeness (QED) is 0.483. The standard InChI is InChI=1S/C25H23N3O2/c29-24(16-8-15-23-26-22-14-7-5-12-20(22)25(30)28-23)27-21-13-6-4-11-19(21)17-18-9-2-1-3-10-18/h1-7,9-14H,8,15-17H2,(H,27,29)(H,26,28,30). The number of benzene rings is 3. The Balaban J connectivity index is 1.36. The molecule has 0 saturated heterocycles. The van der Waals surface area contributed by atoms with Gasteiger partial charge in [0.1, 0.15) is 5.82 Å². The number of nitrogens with one attached hydrogen (secondary N) is 2. The van der Waals surface area contributed by atoms with Crippen molar-refractivity contribution in [1.29, 1.82) is 0 Å². The van der Waals surface area contributed by atoms with Gasteiger partial charge in [-0.2, -0.15) is 0 Å². The van der Waals surface area contributed by atoms with Gasteiger partial charge >= 0.3 is 0 Å². The van der Waals surface area contributed by atoms with Crippen molar-refractivity contribution in [2.45, 2.75) is 25.7 Å². The Hall–Kier alpha value is -3.73. The van der Waals surface area contributed by atoms with E-state index in [9.17, 15) is 9.59 Å². The SMILES string of the molecule is O=C(CCCc1nc2ccccc2c(=O)[nH]1)Nc1ccccc1Cc1ccccc1. The van der Waals surface area contributed by atoms with Crippen LogP contribution in [0.15, 0.2) is 83.7 Å². The average molecular weight is 397 g/mol. The maximum absolute atomic E-state index is 12.5. The van der Waals surface area contributed by atoms with Gasteiger partial charge in [-0.3, -0.25) is 9.59 Å². The Morgan fingerprint density at radius 1 is 0.900 bits per heavy atom. The van der Waals surface area contributed by atoms with Crippen LogP contribution in [0.1, 0.15) is 29.8 Å². The molecule has 0 radical (unpaired) electrons. The number of H-pyrrole nitrogens is 1. The number of anilines is 1. The fourth-order valence-electron chi connectivity index (χ4n) is 3.49. The number of aryl methyl sites for hydroxylation is 1. The van der Waals surface area contributed by atoms with Crippen LogP contribution in [0.3, 0.4) is 0 Å². The van der Waals surface area contributed by atoms with E-state index in [2.05, 4.69) is 27.4 Å². The molecule has 5 heteroatoms. The molecule has 0 saturated carbocycles. The van der Waals surface area contributed by atoms with Gasteiger partial charge in [0.15, 0.2) is 0 Å². The van der Waals surface area contributed by atoms with Crippen LogP contribution in [0.5, 0.6) is 0 Å². The molecular formula is C25H23N3O2. The van der Waals surface area contributed by atoms with Crippen molar-refractivity contribution in [3.05, 3.63) is 106 Å². The normalized spacial score (nSPS) is 10.8. The summed E-state index contributed by atoms with van der Waals surface area (Å²) < 4.78 is 0. The van der Waals surface area contributed by atoms with Gasteiger partial charge in [-0.25, -0.2) is 4.98 Å². The molecule has 1 aromatic heterocycles. The van der Waals surface area contributed by atoms with Gasteiger partial charge in [0.25, 0.3) is 5.56 Å². The van der Waals surface area contributed by atoms with Crippen molar-refractivity contribution in [1.82, 2.24) is 9.97 Å². The summed E-state index contributed by atoms with van der Waals surface area (Å²) in [5.41, 5.74) is 3.65. The van der Waals surface area contributed by atoms with E-state index in [1.807, 2.05) is 60.7 Å². The first kappa shape index (κ1) is 19.6. The van der Waals surface area contributed by atoms with Crippen LogP contribution >= 0.6 is 0 Å². The molecule has 1 amide bonds. The zero-order valence-corrected chi connectivity index (χ0v) is 16.6. The molecule has 0 bridgehead atoms. The number of fused-ring (bicyclic) bond motifs is 1. The molecule has 0 aliphatic heterocycles. The highest BCUT2D eigenvalue weighted by atomic mass is 16.1. The minimum absolute atomic E-state index is 0.0429. The second-order valence-electron chi connectivity index (χ2n) is 7.25. The first-order valence-electron chi connectivity index (χ1n) is 10.1. The smallest absolute Gasteiger partial charge is 0.258 e. The monoisotopic (exact) mass is 397 g/mol. The van der Waals surface area contributed by atoms with Crippen molar-refractivity contribution in [3.63, 3.8) is 0 Å². The molecule has 150 valence electrons. The number of para-hydroxylation sites is 2. The first-order valence-corrected chi connectivity index (χ1v) is 10.1. The maximum atomic E-state index is 12.5. The van der Waals surface area contributed by atoms with Crippen LogP contribution in [0.4, 0.5) is 5.69 Å². The minimum atomic E-state index is -0.144.